The second-order valence-electron chi connectivity index (χ2n) is 6.63. The summed E-state index contributed by atoms with van der Waals surface area (Å²) in [6, 6.07) is 14.8. The summed E-state index contributed by atoms with van der Waals surface area (Å²) >= 11 is 24.9. The molecule has 3 nitrogen and oxygen atoms in total. The largest absolute Gasteiger partial charge is 0.490 e. The Hall–Kier alpha value is -1.78. The van der Waals surface area contributed by atoms with Crippen molar-refractivity contribution in [1.82, 2.24) is 0 Å². The lowest BCUT2D eigenvalue weighted by Crippen LogP contribution is -2.05. The van der Waals surface area contributed by atoms with Crippen LogP contribution in [0.25, 0.3) is 0 Å². The molecule has 3 aromatic rings. The molecule has 0 aliphatic carbocycles. The van der Waals surface area contributed by atoms with Crippen LogP contribution >= 0.6 is 46.4 Å². The van der Waals surface area contributed by atoms with Crippen LogP contribution in [-0.2, 0) is 13.2 Å². The molecule has 3 rings (SSSR count). The molecule has 0 aromatic heterocycles. The monoisotopic (exact) mass is 483 g/mol. The fraction of sp³-hybridized carbons (Fsp3) is 0.217. The predicted molar refractivity (Wildman–Crippen MR) is 127 cm³/mol. The summed E-state index contributed by atoms with van der Waals surface area (Å²) in [4.78, 5) is 0. The van der Waals surface area contributed by atoms with E-state index in [2.05, 4.69) is 5.32 Å². The molecular weight excluding hydrogens is 464 g/mol. The highest BCUT2D eigenvalue weighted by molar-refractivity contribution is 6.35. The van der Waals surface area contributed by atoms with Crippen LogP contribution in [0.15, 0.2) is 48.5 Å². The first-order chi connectivity index (χ1) is 14.4. The van der Waals surface area contributed by atoms with E-state index in [9.17, 15) is 0 Å². The van der Waals surface area contributed by atoms with E-state index in [1.165, 1.54) is 0 Å². The number of halogens is 4. The average molecular weight is 485 g/mol. The molecule has 0 radical (unpaired) electrons. The zero-order valence-electron chi connectivity index (χ0n) is 16.6. The topological polar surface area (TPSA) is 30.5 Å². The summed E-state index contributed by atoms with van der Waals surface area (Å²) in [5.41, 5.74) is 3.73. The smallest absolute Gasteiger partial charge is 0.180 e. The van der Waals surface area contributed by atoms with Gasteiger partial charge in [0.15, 0.2) is 11.5 Å². The van der Waals surface area contributed by atoms with Crippen molar-refractivity contribution in [1.29, 1.82) is 0 Å². The van der Waals surface area contributed by atoms with Gasteiger partial charge in [0.1, 0.15) is 6.61 Å². The number of ether oxygens (including phenoxy) is 2. The van der Waals surface area contributed by atoms with Gasteiger partial charge in [0.2, 0.25) is 0 Å². The second-order valence-corrected chi connectivity index (χ2v) is 8.29. The number of rotatable bonds is 8. The summed E-state index contributed by atoms with van der Waals surface area (Å²) in [6.07, 6.45) is 0. The summed E-state index contributed by atoms with van der Waals surface area (Å²) in [5.74, 6) is 1.06. The third kappa shape index (κ3) is 5.67. The second kappa shape index (κ2) is 10.5. The molecule has 1 N–H and O–H groups in total. The van der Waals surface area contributed by atoms with Gasteiger partial charge in [-0.25, -0.2) is 0 Å². The van der Waals surface area contributed by atoms with E-state index in [0.717, 1.165) is 27.4 Å². The number of nitrogens with one attached hydrogen (secondary N) is 1. The van der Waals surface area contributed by atoms with Gasteiger partial charge < -0.3 is 14.8 Å². The van der Waals surface area contributed by atoms with Gasteiger partial charge in [-0.3, -0.25) is 0 Å². The fourth-order valence-electron chi connectivity index (χ4n) is 2.91. The maximum Gasteiger partial charge on any atom is 0.180 e. The average Bonchev–Trinajstić information content (AvgIpc) is 2.70. The molecule has 0 aliphatic rings. The number of benzene rings is 3. The molecule has 0 atom stereocenters. The Kier molecular flexibility index (Phi) is 8.01. The molecular formula is C23H21Cl4NO2. The first-order valence-corrected chi connectivity index (χ1v) is 10.9. The zero-order valence-corrected chi connectivity index (χ0v) is 19.6. The van der Waals surface area contributed by atoms with Gasteiger partial charge in [-0.2, -0.15) is 0 Å². The Balaban J connectivity index is 1.78. The molecule has 0 fully saturated rings. The van der Waals surface area contributed by atoms with Gasteiger partial charge >= 0.3 is 0 Å². The summed E-state index contributed by atoms with van der Waals surface area (Å²) in [5, 5.41) is 5.68. The maximum absolute atomic E-state index is 6.53. The van der Waals surface area contributed by atoms with Crippen molar-refractivity contribution in [2.24, 2.45) is 0 Å². The quantitative estimate of drug-likeness (QED) is 0.349. The molecule has 0 spiro atoms. The van der Waals surface area contributed by atoms with Gasteiger partial charge in [-0.05, 0) is 61.4 Å². The van der Waals surface area contributed by atoms with Crippen molar-refractivity contribution in [3.05, 3.63) is 85.3 Å². The van der Waals surface area contributed by atoms with Crippen molar-refractivity contribution in [3.8, 4) is 11.5 Å². The first-order valence-electron chi connectivity index (χ1n) is 9.40. The lowest BCUT2D eigenvalue weighted by molar-refractivity contribution is 0.269. The van der Waals surface area contributed by atoms with Crippen LogP contribution in [0, 0.1) is 6.92 Å². The van der Waals surface area contributed by atoms with E-state index in [1.807, 2.05) is 50.2 Å². The van der Waals surface area contributed by atoms with E-state index in [0.29, 0.717) is 39.7 Å². The third-order valence-corrected chi connectivity index (χ3v) is 5.78. The standard InChI is InChI=1S/C23H21Cl4NO2/c1-3-29-22-10-15(12-28-21-6-4-5-18(25)14(21)2)9-20(27)23(22)30-13-16-7-8-17(24)11-19(16)26/h4-11,28H,3,12-13H2,1-2H3. The summed E-state index contributed by atoms with van der Waals surface area (Å²) in [6.45, 7) is 5.17. The summed E-state index contributed by atoms with van der Waals surface area (Å²) in [7, 11) is 0. The lowest BCUT2D eigenvalue weighted by Gasteiger charge is -2.17. The maximum atomic E-state index is 6.53. The van der Waals surface area contributed by atoms with E-state index in [-0.39, 0.29) is 6.61 Å². The predicted octanol–water partition coefficient (Wildman–Crippen LogP) is 8.20. The van der Waals surface area contributed by atoms with Crippen LogP contribution in [0.5, 0.6) is 11.5 Å². The molecule has 7 heteroatoms. The molecule has 0 saturated heterocycles. The van der Waals surface area contributed by atoms with Gasteiger partial charge in [0.05, 0.1) is 11.6 Å². The van der Waals surface area contributed by atoms with E-state index < -0.39 is 0 Å². The van der Waals surface area contributed by atoms with Crippen molar-refractivity contribution >= 4 is 52.1 Å². The number of anilines is 1. The Morgan fingerprint density at radius 3 is 2.40 bits per heavy atom. The molecule has 0 aliphatic heterocycles. The normalized spacial score (nSPS) is 10.7. The molecule has 158 valence electrons. The fourth-order valence-corrected chi connectivity index (χ4v) is 3.84. The Bertz CT molecular complexity index is 1040. The van der Waals surface area contributed by atoms with E-state index >= 15 is 0 Å². The van der Waals surface area contributed by atoms with Crippen LogP contribution in [-0.4, -0.2) is 6.61 Å². The Morgan fingerprint density at radius 1 is 0.867 bits per heavy atom. The van der Waals surface area contributed by atoms with Crippen LogP contribution in [0.4, 0.5) is 5.69 Å². The summed E-state index contributed by atoms with van der Waals surface area (Å²) < 4.78 is 11.7. The minimum atomic E-state index is 0.245. The van der Waals surface area contributed by atoms with E-state index in [4.69, 9.17) is 55.9 Å². The van der Waals surface area contributed by atoms with Gasteiger partial charge in [-0.15, -0.1) is 0 Å². The molecule has 0 amide bonds. The molecule has 0 heterocycles. The van der Waals surface area contributed by atoms with Crippen molar-refractivity contribution in [3.63, 3.8) is 0 Å². The van der Waals surface area contributed by atoms with Crippen molar-refractivity contribution < 1.29 is 9.47 Å². The molecule has 3 aromatic carbocycles. The first kappa shape index (κ1) is 22.9. The molecule has 0 saturated carbocycles. The zero-order chi connectivity index (χ0) is 21.7. The van der Waals surface area contributed by atoms with Crippen molar-refractivity contribution in [2.75, 3.05) is 11.9 Å². The highest BCUT2D eigenvalue weighted by atomic mass is 35.5. The minimum absolute atomic E-state index is 0.245. The third-order valence-electron chi connectivity index (χ3n) is 4.51. The molecule has 30 heavy (non-hydrogen) atoms. The Morgan fingerprint density at radius 2 is 1.67 bits per heavy atom. The highest BCUT2D eigenvalue weighted by Crippen LogP contribution is 2.38. The molecule has 0 unspecified atom stereocenters. The number of hydrogen-bond acceptors (Lipinski definition) is 3. The van der Waals surface area contributed by atoms with Crippen LogP contribution < -0.4 is 14.8 Å². The minimum Gasteiger partial charge on any atom is -0.490 e. The van der Waals surface area contributed by atoms with Gasteiger partial charge in [0.25, 0.3) is 0 Å². The van der Waals surface area contributed by atoms with Crippen LogP contribution in [0.3, 0.4) is 0 Å². The SMILES string of the molecule is CCOc1cc(CNc2cccc(Cl)c2C)cc(Cl)c1OCc1ccc(Cl)cc1Cl. The number of hydrogen-bond donors (Lipinski definition) is 1. The van der Waals surface area contributed by atoms with Crippen LogP contribution in [0.1, 0.15) is 23.6 Å². The van der Waals surface area contributed by atoms with Gasteiger partial charge in [0, 0.05) is 32.9 Å². The molecule has 0 bridgehead atoms. The van der Waals surface area contributed by atoms with Crippen molar-refractivity contribution in [2.45, 2.75) is 27.0 Å². The van der Waals surface area contributed by atoms with E-state index in [1.54, 1.807) is 12.1 Å². The Labute approximate surface area is 196 Å². The van der Waals surface area contributed by atoms with Crippen LogP contribution in [0.2, 0.25) is 20.1 Å². The highest BCUT2D eigenvalue weighted by Gasteiger charge is 2.14. The lowest BCUT2D eigenvalue weighted by atomic mass is 10.1. The van der Waals surface area contributed by atoms with Gasteiger partial charge in [-0.1, -0.05) is 58.5 Å².